The fraction of sp³-hybridized carbons (Fsp3) is 0.250. The summed E-state index contributed by atoms with van der Waals surface area (Å²) in [5.41, 5.74) is 5.89. The second-order valence-electron chi connectivity index (χ2n) is 4.26. The van der Waals surface area contributed by atoms with Crippen LogP contribution in [0, 0.1) is 0 Å². The first kappa shape index (κ1) is 15.0. The predicted molar refractivity (Wildman–Crippen MR) is 78.0 cm³/mol. The molecule has 2 rings (SSSR count). The summed E-state index contributed by atoms with van der Waals surface area (Å²) in [6.07, 6.45) is 1.33. The molecular formula is C12H16N4O4S. The second kappa shape index (κ2) is 5.52. The molecule has 0 saturated carbocycles. The van der Waals surface area contributed by atoms with Crippen molar-refractivity contribution in [2.45, 2.75) is 4.90 Å². The Morgan fingerprint density at radius 3 is 2.19 bits per heavy atom. The Morgan fingerprint density at radius 2 is 1.76 bits per heavy atom. The highest BCUT2D eigenvalue weighted by atomic mass is 32.2. The SMILES string of the molecule is COc1cc(NS(=O)(=O)c2cn(C)nc2N)cc(OC)c1. The molecule has 0 aliphatic heterocycles. The van der Waals surface area contributed by atoms with Crippen LogP contribution in [-0.4, -0.2) is 32.4 Å². The quantitative estimate of drug-likeness (QED) is 0.846. The summed E-state index contributed by atoms with van der Waals surface area (Å²) >= 11 is 0. The Morgan fingerprint density at radius 1 is 1.19 bits per heavy atom. The van der Waals surface area contributed by atoms with Gasteiger partial charge in [-0.3, -0.25) is 9.40 Å². The average Bonchev–Trinajstić information content (AvgIpc) is 2.77. The van der Waals surface area contributed by atoms with E-state index in [1.54, 1.807) is 13.1 Å². The largest absolute Gasteiger partial charge is 0.497 e. The number of nitrogen functional groups attached to an aromatic ring is 1. The molecule has 0 spiro atoms. The van der Waals surface area contributed by atoms with Crippen molar-refractivity contribution in [3.8, 4) is 11.5 Å². The minimum Gasteiger partial charge on any atom is -0.497 e. The lowest BCUT2D eigenvalue weighted by molar-refractivity contribution is 0.395. The van der Waals surface area contributed by atoms with Gasteiger partial charge < -0.3 is 15.2 Å². The minimum atomic E-state index is -3.84. The number of hydrogen-bond donors (Lipinski definition) is 2. The van der Waals surface area contributed by atoms with Crippen molar-refractivity contribution in [3.63, 3.8) is 0 Å². The summed E-state index contributed by atoms with van der Waals surface area (Å²) in [5, 5.41) is 3.81. The van der Waals surface area contributed by atoms with Gasteiger partial charge in [0.2, 0.25) is 0 Å². The fourth-order valence-corrected chi connectivity index (χ4v) is 2.91. The number of nitrogens with one attached hydrogen (secondary N) is 1. The van der Waals surface area contributed by atoms with Gasteiger partial charge in [0.15, 0.2) is 5.82 Å². The number of ether oxygens (including phenoxy) is 2. The van der Waals surface area contributed by atoms with Gasteiger partial charge in [0, 0.05) is 31.4 Å². The van der Waals surface area contributed by atoms with Crippen LogP contribution in [0.3, 0.4) is 0 Å². The number of nitrogens with two attached hydrogens (primary N) is 1. The van der Waals surface area contributed by atoms with Crippen molar-refractivity contribution in [3.05, 3.63) is 24.4 Å². The van der Waals surface area contributed by atoms with Gasteiger partial charge in [-0.2, -0.15) is 5.10 Å². The molecule has 3 N–H and O–H groups in total. The minimum absolute atomic E-state index is 0.0696. The summed E-state index contributed by atoms with van der Waals surface area (Å²) < 4.78 is 38.5. The molecule has 0 amide bonds. The average molecular weight is 312 g/mol. The van der Waals surface area contributed by atoms with Crippen LogP contribution < -0.4 is 19.9 Å². The molecule has 0 aliphatic carbocycles. The summed E-state index contributed by atoms with van der Waals surface area (Å²) in [6.45, 7) is 0. The first-order chi connectivity index (χ1) is 9.85. The molecule has 1 heterocycles. The van der Waals surface area contributed by atoms with E-state index in [9.17, 15) is 8.42 Å². The van der Waals surface area contributed by atoms with Gasteiger partial charge in [-0.1, -0.05) is 0 Å². The fourth-order valence-electron chi connectivity index (χ4n) is 1.77. The molecule has 0 unspecified atom stereocenters. The summed E-state index contributed by atoms with van der Waals surface area (Å²) in [7, 11) is 0.701. The van der Waals surface area contributed by atoms with Crippen LogP contribution in [0.15, 0.2) is 29.3 Å². The third-order valence-corrected chi connectivity index (χ3v) is 4.11. The highest BCUT2D eigenvalue weighted by Gasteiger charge is 2.21. The van der Waals surface area contributed by atoms with E-state index in [0.29, 0.717) is 17.2 Å². The summed E-state index contributed by atoms with van der Waals surface area (Å²) in [6, 6.07) is 4.70. The molecule has 2 aromatic rings. The molecule has 21 heavy (non-hydrogen) atoms. The topological polar surface area (TPSA) is 108 Å². The number of nitrogens with zero attached hydrogens (tertiary/aromatic N) is 2. The van der Waals surface area contributed by atoms with Crippen molar-refractivity contribution in [1.29, 1.82) is 0 Å². The number of methoxy groups -OCH3 is 2. The Balaban J connectivity index is 2.39. The van der Waals surface area contributed by atoms with E-state index in [0.717, 1.165) is 0 Å². The molecule has 8 nitrogen and oxygen atoms in total. The number of aromatic nitrogens is 2. The van der Waals surface area contributed by atoms with E-state index in [1.807, 2.05) is 0 Å². The number of hydrogen-bond acceptors (Lipinski definition) is 6. The van der Waals surface area contributed by atoms with Crippen LogP contribution in [0.1, 0.15) is 0 Å². The number of aryl methyl sites for hydroxylation is 1. The maximum Gasteiger partial charge on any atom is 0.267 e. The molecule has 0 fully saturated rings. The van der Waals surface area contributed by atoms with Gasteiger partial charge >= 0.3 is 0 Å². The maximum atomic E-state index is 12.3. The third-order valence-electron chi connectivity index (χ3n) is 2.72. The smallest absolute Gasteiger partial charge is 0.267 e. The van der Waals surface area contributed by atoms with E-state index < -0.39 is 10.0 Å². The highest BCUT2D eigenvalue weighted by molar-refractivity contribution is 7.92. The van der Waals surface area contributed by atoms with Crippen LogP contribution in [-0.2, 0) is 17.1 Å². The number of rotatable bonds is 5. The first-order valence-electron chi connectivity index (χ1n) is 5.90. The van der Waals surface area contributed by atoms with E-state index in [-0.39, 0.29) is 10.7 Å². The van der Waals surface area contributed by atoms with Crippen LogP contribution in [0.4, 0.5) is 11.5 Å². The third kappa shape index (κ3) is 3.19. The lowest BCUT2D eigenvalue weighted by Crippen LogP contribution is -2.14. The lowest BCUT2D eigenvalue weighted by atomic mass is 10.3. The van der Waals surface area contributed by atoms with Crippen LogP contribution in [0.2, 0.25) is 0 Å². The monoisotopic (exact) mass is 312 g/mol. The van der Waals surface area contributed by atoms with E-state index in [4.69, 9.17) is 15.2 Å². The van der Waals surface area contributed by atoms with Crippen LogP contribution in [0.25, 0.3) is 0 Å². The number of anilines is 2. The molecule has 0 aliphatic rings. The molecule has 1 aromatic heterocycles. The van der Waals surface area contributed by atoms with Crippen molar-refractivity contribution in [1.82, 2.24) is 9.78 Å². The number of benzene rings is 1. The highest BCUT2D eigenvalue weighted by Crippen LogP contribution is 2.28. The van der Waals surface area contributed by atoms with Gasteiger partial charge in [-0.25, -0.2) is 8.42 Å². The van der Waals surface area contributed by atoms with Gasteiger partial charge in [0.1, 0.15) is 16.4 Å². The summed E-state index contributed by atoms with van der Waals surface area (Å²) in [5.74, 6) is 0.859. The van der Waals surface area contributed by atoms with Crippen LogP contribution in [0.5, 0.6) is 11.5 Å². The van der Waals surface area contributed by atoms with E-state index >= 15 is 0 Å². The van der Waals surface area contributed by atoms with Crippen molar-refractivity contribution >= 4 is 21.5 Å². The molecule has 114 valence electrons. The van der Waals surface area contributed by atoms with E-state index in [2.05, 4.69) is 9.82 Å². The van der Waals surface area contributed by atoms with E-state index in [1.165, 1.54) is 37.2 Å². The van der Waals surface area contributed by atoms with Crippen LogP contribution >= 0.6 is 0 Å². The van der Waals surface area contributed by atoms with Gasteiger partial charge in [-0.15, -0.1) is 0 Å². The van der Waals surface area contributed by atoms with Gasteiger partial charge in [0.05, 0.1) is 19.9 Å². The zero-order chi connectivity index (χ0) is 15.6. The molecular weight excluding hydrogens is 296 g/mol. The molecule has 0 saturated heterocycles. The molecule has 0 radical (unpaired) electrons. The summed E-state index contributed by atoms with van der Waals surface area (Å²) in [4.78, 5) is -0.0909. The zero-order valence-electron chi connectivity index (χ0n) is 11.8. The van der Waals surface area contributed by atoms with Gasteiger partial charge in [0.25, 0.3) is 10.0 Å². The molecule has 0 atom stereocenters. The predicted octanol–water partition coefficient (Wildman–Crippen LogP) is 0.820. The number of sulfonamides is 1. The zero-order valence-corrected chi connectivity index (χ0v) is 12.6. The first-order valence-corrected chi connectivity index (χ1v) is 7.39. The maximum absolute atomic E-state index is 12.3. The van der Waals surface area contributed by atoms with Gasteiger partial charge in [-0.05, 0) is 0 Å². The standard InChI is InChI=1S/C12H16N4O4S/c1-16-7-11(12(13)14-16)21(17,18)15-8-4-9(19-2)6-10(5-8)20-3/h4-7,15H,1-3H3,(H2,13,14). The van der Waals surface area contributed by atoms with Crippen molar-refractivity contribution in [2.75, 3.05) is 24.7 Å². The van der Waals surface area contributed by atoms with Crippen molar-refractivity contribution < 1.29 is 17.9 Å². The molecule has 9 heteroatoms. The Kier molecular flexibility index (Phi) is 3.94. The lowest BCUT2D eigenvalue weighted by Gasteiger charge is -2.10. The molecule has 1 aromatic carbocycles. The Labute approximate surface area is 122 Å². The Bertz CT molecular complexity index is 732. The molecule has 0 bridgehead atoms. The normalized spacial score (nSPS) is 11.2. The second-order valence-corrected chi connectivity index (χ2v) is 5.91. The Hall–Kier alpha value is -2.42. The van der Waals surface area contributed by atoms with Crippen molar-refractivity contribution in [2.24, 2.45) is 7.05 Å².